The molecule has 0 spiro atoms. The van der Waals surface area contributed by atoms with Crippen LogP contribution in [0.4, 0.5) is 10.2 Å². The maximum atomic E-state index is 14.1. The molecule has 8 heteroatoms. The first-order chi connectivity index (χ1) is 13.4. The molecule has 0 atom stereocenters. The minimum atomic E-state index is -3.03. The van der Waals surface area contributed by atoms with Gasteiger partial charge in [0.25, 0.3) is 5.91 Å². The summed E-state index contributed by atoms with van der Waals surface area (Å²) in [5, 5.41) is 3.25. The van der Waals surface area contributed by atoms with E-state index in [1.807, 2.05) is 12.1 Å². The minimum absolute atomic E-state index is 0.00390. The highest BCUT2D eigenvalue weighted by Crippen LogP contribution is 2.48. The number of rotatable bonds is 5. The van der Waals surface area contributed by atoms with E-state index in [-0.39, 0.29) is 41.7 Å². The lowest BCUT2D eigenvalue weighted by Crippen LogP contribution is -2.43. The van der Waals surface area contributed by atoms with Gasteiger partial charge < -0.3 is 10.2 Å². The van der Waals surface area contributed by atoms with Gasteiger partial charge >= 0.3 is 0 Å². The fraction of sp³-hybridized carbons (Fsp3) is 0.400. The topological polar surface area (TPSA) is 79.4 Å². The quantitative estimate of drug-likeness (QED) is 0.828. The van der Waals surface area contributed by atoms with Crippen LogP contribution in [0, 0.1) is 5.82 Å². The largest absolute Gasteiger partial charge is 0.369 e. The Morgan fingerprint density at radius 1 is 1.14 bits per heavy atom. The first-order valence-corrected chi connectivity index (χ1v) is 11.2. The molecule has 0 unspecified atom stereocenters. The number of carbonyl (C=O) groups excluding carboxylic acids is 1. The molecule has 4 rings (SSSR count). The Morgan fingerprint density at radius 3 is 2.46 bits per heavy atom. The second-order valence-corrected chi connectivity index (χ2v) is 9.79. The minimum Gasteiger partial charge on any atom is -0.369 e. The molecule has 6 nitrogen and oxygen atoms in total. The number of anilines is 1. The van der Waals surface area contributed by atoms with Gasteiger partial charge in [0.15, 0.2) is 9.84 Å². The molecule has 2 heterocycles. The molecule has 1 aliphatic carbocycles. The Kier molecular flexibility index (Phi) is 4.82. The van der Waals surface area contributed by atoms with E-state index in [0.29, 0.717) is 17.9 Å². The van der Waals surface area contributed by atoms with Crippen molar-refractivity contribution >= 4 is 21.6 Å². The van der Waals surface area contributed by atoms with Crippen LogP contribution in [0.2, 0.25) is 0 Å². The van der Waals surface area contributed by atoms with Crippen molar-refractivity contribution in [2.45, 2.75) is 18.3 Å². The molecule has 1 aromatic heterocycles. The number of hydrogen-bond donors (Lipinski definition) is 1. The zero-order valence-electron chi connectivity index (χ0n) is 15.4. The van der Waals surface area contributed by atoms with E-state index in [1.165, 1.54) is 12.3 Å². The van der Waals surface area contributed by atoms with Gasteiger partial charge in [-0.1, -0.05) is 18.2 Å². The molecule has 2 fully saturated rings. The van der Waals surface area contributed by atoms with Crippen molar-refractivity contribution in [3.8, 4) is 0 Å². The average molecular weight is 403 g/mol. The van der Waals surface area contributed by atoms with E-state index in [1.54, 1.807) is 23.1 Å². The van der Waals surface area contributed by atoms with Crippen LogP contribution in [0.1, 0.15) is 28.8 Å². The summed E-state index contributed by atoms with van der Waals surface area (Å²) in [5.74, 6) is 0.243. The van der Waals surface area contributed by atoms with E-state index in [9.17, 15) is 17.6 Å². The number of carbonyl (C=O) groups is 1. The summed E-state index contributed by atoms with van der Waals surface area (Å²) in [6, 6.07) is 10.3. The lowest BCUT2D eigenvalue weighted by Gasteiger charge is -2.26. The Labute approximate surface area is 163 Å². The number of benzene rings is 1. The zero-order valence-corrected chi connectivity index (χ0v) is 16.2. The number of amides is 1. The first kappa shape index (κ1) is 18.9. The van der Waals surface area contributed by atoms with Gasteiger partial charge in [-0.05, 0) is 36.6 Å². The first-order valence-electron chi connectivity index (χ1n) is 9.33. The van der Waals surface area contributed by atoms with Crippen molar-refractivity contribution in [3.05, 3.63) is 59.5 Å². The van der Waals surface area contributed by atoms with E-state index in [2.05, 4.69) is 10.3 Å². The van der Waals surface area contributed by atoms with Gasteiger partial charge in [0, 0.05) is 31.2 Å². The predicted octanol–water partition coefficient (Wildman–Crippen LogP) is 2.23. The number of pyridine rings is 1. The van der Waals surface area contributed by atoms with Crippen molar-refractivity contribution in [1.82, 2.24) is 9.88 Å². The third-order valence-electron chi connectivity index (χ3n) is 5.55. The maximum absolute atomic E-state index is 14.1. The molecule has 2 aliphatic rings. The molecular weight excluding hydrogens is 381 g/mol. The fourth-order valence-electron chi connectivity index (χ4n) is 3.57. The molecule has 1 saturated carbocycles. The number of nitrogens with zero attached hydrogens (tertiary/aromatic N) is 2. The van der Waals surface area contributed by atoms with Crippen molar-refractivity contribution in [3.63, 3.8) is 0 Å². The van der Waals surface area contributed by atoms with Crippen LogP contribution in [-0.2, 0) is 15.3 Å². The Bertz CT molecular complexity index is 974. The molecule has 1 N–H and O–H groups in total. The number of aromatic nitrogens is 1. The molecule has 1 aromatic carbocycles. The summed E-state index contributed by atoms with van der Waals surface area (Å²) in [6.45, 7) is 1.01. The summed E-state index contributed by atoms with van der Waals surface area (Å²) in [7, 11) is -3.03. The van der Waals surface area contributed by atoms with Gasteiger partial charge in [0.2, 0.25) is 0 Å². The van der Waals surface area contributed by atoms with Gasteiger partial charge in [0.1, 0.15) is 11.6 Å². The Morgan fingerprint density at radius 2 is 1.86 bits per heavy atom. The van der Waals surface area contributed by atoms with Gasteiger partial charge in [-0.25, -0.2) is 17.8 Å². The van der Waals surface area contributed by atoms with E-state index in [4.69, 9.17) is 0 Å². The van der Waals surface area contributed by atoms with Crippen molar-refractivity contribution < 1.29 is 17.6 Å². The lowest BCUT2D eigenvalue weighted by molar-refractivity contribution is 0.0770. The van der Waals surface area contributed by atoms with Crippen LogP contribution in [-0.4, -0.2) is 55.3 Å². The number of hydrogen-bond acceptors (Lipinski definition) is 5. The molecule has 2 aromatic rings. The molecule has 0 radical (unpaired) electrons. The third-order valence-corrected chi connectivity index (χ3v) is 7.16. The van der Waals surface area contributed by atoms with Gasteiger partial charge in [0.05, 0.1) is 17.1 Å². The number of sulfone groups is 1. The third kappa shape index (κ3) is 3.87. The maximum Gasteiger partial charge on any atom is 0.255 e. The van der Waals surface area contributed by atoms with Crippen LogP contribution in [0.5, 0.6) is 0 Å². The molecule has 1 aliphatic heterocycles. The normalized spacial score (nSPS) is 19.8. The summed E-state index contributed by atoms with van der Waals surface area (Å²) in [5.41, 5.74) is 0.968. The van der Waals surface area contributed by atoms with E-state index < -0.39 is 9.84 Å². The highest BCUT2D eigenvalue weighted by molar-refractivity contribution is 7.91. The Hall–Kier alpha value is -2.48. The van der Waals surface area contributed by atoms with Crippen LogP contribution in [0.3, 0.4) is 0 Å². The van der Waals surface area contributed by atoms with E-state index in [0.717, 1.165) is 18.4 Å². The summed E-state index contributed by atoms with van der Waals surface area (Å²) >= 11 is 0. The van der Waals surface area contributed by atoms with Crippen molar-refractivity contribution in [1.29, 1.82) is 0 Å². The van der Waals surface area contributed by atoms with Gasteiger partial charge in [-0.15, -0.1) is 0 Å². The van der Waals surface area contributed by atoms with Crippen LogP contribution in [0.15, 0.2) is 42.6 Å². The Balaban J connectivity index is 1.38. The SMILES string of the molecule is O=C(c1ccc(NCC2(c3ccccc3F)CC2)nc1)N1CCS(=O)(=O)CC1. The molecule has 1 saturated heterocycles. The summed E-state index contributed by atoms with van der Waals surface area (Å²) < 4.78 is 37.1. The predicted molar refractivity (Wildman–Crippen MR) is 105 cm³/mol. The number of halogens is 1. The van der Waals surface area contributed by atoms with Crippen molar-refractivity contribution in [2.24, 2.45) is 0 Å². The van der Waals surface area contributed by atoms with E-state index >= 15 is 0 Å². The van der Waals surface area contributed by atoms with Crippen LogP contribution < -0.4 is 5.32 Å². The average Bonchev–Trinajstić information content (AvgIpc) is 3.48. The summed E-state index contributed by atoms with van der Waals surface area (Å²) in [6.07, 6.45) is 3.35. The standard InChI is InChI=1S/C20H22FN3O3S/c21-17-4-2-1-3-16(17)20(7-8-20)14-23-18-6-5-15(13-22-18)19(25)24-9-11-28(26,27)12-10-24/h1-6,13H,7-12,14H2,(H,22,23). The highest BCUT2D eigenvalue weighted by atomic mass is 32.2. The van der Waals surface area contributed by atoms with Crippen LogP contribution in [0.25, 0.3) is 0 Å². The fourth-order valence-corrected chi connectivity index (χ4v) is 4.77. The molecule has 0 bridgehead atoms. The molecular formula is C20H22FN3O3S. The van der Waals surface area contributed by atoms with Crippen LogP contribution >= 0.6 is 0 Å². The monoisotopic (exact) mass is 403 g/mol. The van der Waals surface area contributed by atoms with Gasteiger partial charge in [-0.2, -0.15) is 0 Å². The number of nitrogens with one attached hydrogen (secondary N) is 1. The zero-order chi connectivity index (χ0) is 19.8. The smallest absolute Gasteiger partial charge is 0.255 e. The molecule has 148 valence electrons. The van der Waals surface area contributed by atoms with Gasteiger partial charge in [-0.3, -0.25) is 4.79 Å². The second-order valence-electron chi connectivity index (χ2n) is 7.49. The molecule has 1 amide bonds. The summed E-state index contributed by atoms with van der Waals surface area (Å²) in [4.78, 5) is 18.3. The lowest BCUT2D eigenvalue weighted by atomic mass is 9.95. The highest BCUT2D eigenvalue weighted by Gasteiger charge is 2.45. The molecule has 28 heavy (non-hydrogen) atoms. The second kappa shape index (κ2) is 7.16. The van der Waals surface area contributed by atoms with Crippen molar-refractivity contribution in [2.75, 3.05) is 36.5 Å².